The lowest BCUT2D eigenvalue weighted by atomic mass is 10.2. The van der Waals surface area contributed by atoms with E-state index in [-0.39, 0.29) is 10.0 Å². The number of nitrogens with two attached hydrogens (primary N) is 1. The van der Waals surface area contributed by atoms with Crippen LogP contribution >= 0.6 is 11.6 Å². The number of rotatable bonds is 3. The molecular formula is C13H12ClN3O3S. The Balaban J connectivity index is 2.18. The SMILES string of the molecule is CS(=O)(=O)c1ccc(NC(=O)c2ccc(N)c(Cl)c2)cn1. The maximum absolute atomic E-state index is 12.0. The lowest BCUT2D eigenvalue weighted by Crippen LogP contribution is -2.12. The van der Waals surface area contributed by atoms with Crippen molar-refractivity contribution >= 4 is 38.7 Å². The highest BCUT2D eigenvalue weighted by Gasteiger charge is 2.11. The van der Waals surface area contributed by atoms with Crippen LogP contribution in [0.2, 0.25) is 5.02 Å². The van der Waals surface area contributed by atoms with Gasteiger partial charge in [0.15, 0.2) is 14.9 Å². The molecule has 3 N–H and O–H groups in total. The van der Waals surface area contributed by atoms with Gasteiger partial charge in [-0.3, -0.25) is 4.79 Å². The summed E-state index contributed by atoms with van der Waals surface area (Å²) in [5, 5.41) is 2.81. The summed E-state index contributed by atoms with van der Waals surface area (Å²) in [7, 11) is -3.37. The number of nitrogens with one attached hydrogen (secondary N) is 1. The van der Waals surface area contributed by atoms with Crippen LogP contribution in [0.1, 0.15) is 10.4 Å². The monoisotopic (exact) mass is 325 g/mol. The number of aromatic nitrogens is 1. The standard InChI is InChI=1S/C13H12ClN3O3S/c1-21(19,20)12-5-3-9(7-16-12)17-13(18)8-2-4-11(15)10(14)6-8/h2-7H,15H2,1H3,(H,17,18). The summed E-state index contributed by atoms with van der Waals surface area (Å²) >= 11 is 5.85. The van der Waals surface area contributed by atoms with E-state index in [1.165, 1.54) is 36.5 Å². The van der Waals surface area contributed by atoms with Crippen molar-refractivity contribution in [3.05, 3.63) is 47.1 Å². The molecule has 1 aromatic carbocycles. The molecule has 0 radical (unpaired) electrons. The molecule has 8 heteroatoms. The molecule has 0 saturated carbocycles. The van der Waals surface area contributed by atoms with Gasteiger partial charge in [-0.25, -0.2) is 13.4 Å². The van der Waals surface area contributed by atoms with E-state index in [1.807, 2.05) is 0 Å². The highest BCUT2D eigenvalue weighted by atomic mass is 35.5. The second-order valence-electron chi connectivity index (χ2n) is 4.35. The molecule has 0 aliphatic carbocycles. The van der Waals surface area contributed by atoms with Crippen LogP contribution in [-0.4, -0.2) is 25.6 Å². The molecule has 0 aliphatic heterocycles. The van der Waals surface area contributed by atoms with E-state index in [4.69, 9.17) is 17.3 Å². The Hall–Kier alpha value is -2.12. The van der Waals surface area contributed by atoms with Crippen LogP contribution in [0.25, 0.3) is 0 Å². The lowest BCUT2D eigenvalue weighted by Gasteiger charge is -2.06. The normalized spacial score (nSPS) is 11.1. The van der Waals surface area contributed by atoms with Gasteiger partial charge in [0.05, 0.1) is 22.6 Å². The van der Waals surface area contributed by atoms with Crippen molar-refractivity contribution in [2.24, 2.45) is 0 Å². The Bertz CT molecular complexity index is 789. The number of halogens is 1. The Morgan fingerprint density at radius 1 is 1.29 bits per heavy atom. The highest BCUT2D eigenvalue weighted by molar-refractivity contribution is 7.90. The van der Waals surface area contributed by atoms with Gasteiger partial charge in [0.2, 0.25) is 0 Å². The average Bonchev–Trinajstić information content (AvgIpc) is 2.41. The van der Waals surface area contributed by atoms with Crippen LogP contribution in [-0.2, 0) is 9.84 Å². The van der Waals surface area contributed by atoms with E-state index < -0.39 is 15.7 Å². The molecule has 1 aromatic heterocycles. The van der Waals surface area contributed by atoms with Crippen molar-refractivity contribution in [2.45, 2.75) is 5.03 Å². The second-order valence-corrected chi connectivity index (χ2v) is 6.72. The number of amides is 1. The number of carbonyl (C=O) groups excluding carboxylic acids is 1. The maximum Gasteiger partial charge on any atom is 0.255 e. The molecule has 21 heavy (non-hydrogen) atoms. The summed E-state index contributed by atoms with van der Waals surface area (Å²) in [4.78, 5) is 15.8. The second kappa shape index (κ2) is 5.71. The zero-order valence-corrected chi connectivity index (χ0v) is 12.6. The van der Waals surface area contributed by atoms with Gasteiger partial charge in [-0.1, -0.05) is 11.6 Å². The van der Waals surface area contributed by atoms with Crippen LogP contribution in [0.4, 0.5) is 11.4 Å². The topological polar surface area (TPSA) is 102 Å². The molecule has 1 heterocycles. The minimum Gasteiger partial charge on any atom is -0.398 e. The smallest absolute Gasteiger partial charge is 0.255 e. The molecular weight excluding hydrogens is 314 g/mol. The summed E-state index contributed by atoms with van der Waals surface area (Å²) in [6.07, 6.45) is 2.33. The number of benzene rings is 1. The molecule has 0 aliphatic rings. The number of hydrogen-bond acceptors (Lipinski definition) is 5. The summed E-state index contributed by atoms with van der Waals surface area (Å²) < 4.78 is 22.6. The Morgan fingerprint density at radius 3 is 2.52 bits per heavy atom. The van der Waals surface area contributed by atoms with Gasteiger partial charge >= 0.3 is 0 Å². The lowest BCUT2D eigenvalue weighted by molar-refractivity contribution is 0.102. The molecule has 2 rings (SSSR count). The summed E-state index contributed by atoms with van der Waals surface area (Å²) in [6, 6.07) is 7.29. The fraction of sp³-hybridized carbons (Fsp3) is 0.0769. The molecule has 6 nitrogen and oxygen atoms in total. The van der Waals surface area contributed by atoms with Gasteiger partial charge in [-0.15, -0.1) is 0 Å². The Kier molecular flexibility index (Phi) is 4.15. The minimum absolute atomic E-state index is 0.0592. The number of nitrogens with zero attached hydrogens (tertiary/aromatic N) is 1. The van der Waals surface area contributed by atoms with Crippen molar-refractivity contribution in [3.63, 3.8) is 0 Å². The number of sulfone groups is 1. The largest absolute Gasteiger partial charge is 0.398 e. The zero-order chi connectivity index (χ0) is 15.6. The maximum atomic E-state index is 12.0. The van der Waals surface area contributed by atoms with Crippen molar-refractivity contribution in [2.75, 3.05) is 17.3 Å². The first kappa shape index (κ1) is 15.3. The number of carbonyl (C=O) groups is 1. The van der Waals surface area contributed by atoms with E-state index in [0.717, 1.165) is 6.26 Å². The number of nitrogen functional groups attached to an aromatic ring is 1. The van der Waals surface area contributed by atoms with Gasteiger partial charge < -0.3 is 11.1 Å². The predicted molar refractivity (Wildman–Crippen MR) is 81.2 cm³/mol. The molecule has 0 atom stereocenters. The molecule has 0 saturated heterocycles. The third-order valence-corrected chi connectivity index (χ3v) is 3.97. The van der Waals surface area contributed by atoms with E-state index in [9.17, 15) is 13.2 Å². The summed E-state index contributed by atoms with van der Waals surface area (Å²) in [6.45, 7) is 0. The third-order valence-electron chi connectivity index (χ3n) is 2.64. The van der Waals surface area contributed by atoms with Crippen molar-refractivity contribution in [1.82, 2.24) is 4.98 Å². The molecule has 0 spiro atoms. The van der Waals surface area contributed by atoms with Gasteiger partial charge in [0.25, 0.3) is 5.91 Å². The zero-order valence-electron chi connectivity index (χ0n) is 11.0. The molecule has 0 unspecified atom stereocenters. The quantitative estimate of drug-likeness (QED) is 0.840. The first-order valence-corrected chi connectivity index (χ1v) is 8.07. The van der Waals surface area contributed by atoms with Crippen molar-refractivity contribution < 1.29 is 13.2 Å². The van der Waals surface area contributed by atoms with Crippen LogP contribution in [0.3, 0.4) is 0 Å². The predicted octanol–water partition coefficient (Wildman–Crippen LogP) is 1.97. The number of anilines is 2. The molecule has 0 fully saturated rings. The van der Waals surface area contributed by atoms with Crippen LogP contribution in [0.15, 0.2) is 41.6 Å². The van der Waals surface area contributed by atoms with E-state index in [2.05, 4.69) is 10.3 Å². The molecule has 110 valence electrons. The average molecular weight is 326 g/mol. The fourth-order valence-corrected chi connectivity index (χ4v) is 2.29. The van der Waals surface area contributed by atoms with Gasteiger partial charge in [-0.2, -0.15) is 0 Å². The molecule has 0 bridgehead atoms. The molecule has 2 aromatic rings. The Morgan fingerprint density at radius 2 is 2.00 bits per heavy atom. The van der Waals surface area contributed by atoms with Gasteiger partial charge in [0, 0.05) is 11.8 Å². The number of hydrogen-bond donors (Lipinski definition) is 2. The number of pyridine rings is 1. The summed E-state index contributed by atoms with van der Waals surface area (Å²) in [5.74, 6) is -0.397. The Labute approximate surface area is 126 Å². The van der Waals surface area contributed by atoms with Crippen LogP contribution < -0.4 is 11.1 Å². The first-order chi connectivity index (χ1) is 9.77. The van der Waals surface area contributed by atoms with E-state index in [1.54, 1.807) is 0 Å². The van der Waals surface area contributed by atoms with Gasteiger partial charge in [-0.05, 0) is 30.3 Å². The molecule has 1 amide bonds. The van der Waals surface area contributed by atoms with Crippen molar-refractivity contribution in [1.29, 1.82) is 0 Å². The summed E-state index contributed by atoms with van der Waals surface area (Å²) in [5.41, 5.74) is 6.66. The van der Waals surface area contributed by atoms with Crippen LogP contribution in [0.5, 0.6) is 0 Å². The highest BCUT2D eigenvalue weighted by Crippen LogP contribution is 2.20. The third kappa shape index (κ3) is 3.71. The first-order valence-electron chi connectivity index (χ1n) is 5.80. The van der Waals surface area contributed by atoms with E-state index >= 15 is 0 Å². The van der Waals surface area contributed by atoms with E-state index in [0.29, 0.717) is 16.9 Å². The van der Waals surface area contributed by atoms with Crippen LogP contribution in [0, 0.1) is 0 Å². The fourth-order valence-electron chi connectivity index (χ4n) is 1.55. The van der Waals surface area contributed by atoms with Gasteiger partial charge in [0.1, 0.15) is 0 Å². The minimum atomic E-state index is -3.37. The van der Waals surface area contributed by atoms with Crippen molar-refractivity contribution in [3.8, 4) is 0 Å².